The minimum absolute atomic E-state index is 0. The first-order valence-corrected chi connectivity index (χ1v) is 7.03. The molecule has 1 unspecified atom stereocenters. The van der Waals surface area contributed by atoms with E-state index in [1.807, 2.05) is 45.0 Å². The van der Waals surface area contributed by atoms with Crippen LogP contribution in [0.1, 0.15) is 37.8 Å². The molecule has 1 amide bonds. The quantitative estimate of drug-likeness (QED) is 0.877. The summed E-state index contributed by atoms with van der Waals surface area (Å²) in [5.41, 5.74) is 7.48. The summed E-state index contributed by atoms with van der Waals surface area (Å²) in [5.74, 6) is 0.654. The van der Waals surface area contributed by atoms with Crippen LogP contribution in [-0.2, 0) is 10.2 Å². The van der Waals surface area contributed by atoms with Crippen LogP contribution in [-0.4, -0.2) is 18.5 Å². The van der Waals surface area contributed by atoms with Gasteiger partial charge in [-0.15, -0.1) is 12.4 Å². The Balaban J connectivity index is 0.00000200. The van der Waals surface area contributed by atoms with Gasteiger partial charge >= 0.3 is 0 Å². The number of carbonyl (C=O) groups excluding carboxylic acids is 1. The van der Waals surface area contributed by atoms with Gasteiger partial charge in [-0.3, -0.25) is 4.79 Å². The number of benzene rings is 1. The average molecular weight is 297 g/mol. The van der Waals surface area contributed by atoms with Crippen LogP contribution < -0.4 is 11.1 Å². The number of hydrogen-bond donors (Lipinski definition) is 2. The summed E-state index contributed by atoms with van der Waals surface area (Å²) in [5, 5.41) is 3.12. The fourth-order valence-electron chi connectivity index (χ4n) is 2.32. The molecule has 1 aliphatic carbocycles. The van der Waals surface area contributed by atoms with E-state index in [4.69, 9.17) is 5.73 Å². The van der Waals surface area contributed by atoms with Crippen molar-refractivity contribution in [2.45, 2.75) is 45.1 Å². The van der Waals surface area contributed by atoms with Crippen LogP contribution in [0.3, 0.4) is 0 Å². The Kier molecular flexibility index (Phi) is 5.60. The Morgan fingerprint density at radius 2 is 1.90 bits per heavy atom. The second-order valence-electron chi connectivity index (χ2n) is 6.14. The van der Waals surface area contributed by atoms with Gasteiger partial charge in [0, 0.05) is 12.6 Å². The molecule has 112 valence electrons. The maximum atomic E-state index is 12.5. The van der Waals surface area contributed by atoms with Gasteiger partial charge < -0.3 is 11.1 Å². The van der Waals surface area contributed by atoms with Crippen LogP contribution in [0.15, 0.2) is 24.3 Å². The monoisotopic (exact) mass is 296 g/mol. The molecule has 1 aliphatic rings. The number of amides is 1. The highest BCUT2D eigenvalue weighted by Gasteiger charge is 2.36. The van der Waals surface area contributed by atoms with Crippen LogP contribution >= 0.6 is 12.4 Å². The molecule has 0 bridgehead atoms. The van der Waals surface area contributed by atoms with Crippen molar-refractivity contribution in [3.8, 4) is 0 Å². The summed E-state index contributed by atoms with van der Waals surface area (Å²) in [6, 6.07) is 8.29. The Morgan fingerprint density at radius 1 is 1.35 bits per heavy atom. The van der Waals surface area contributed by atoms with E-state index in [9.17, 15) is 4.79 Å². The lowest BCUT2D eigenvalue weighted by Crippen LogP contribution is -2.48. The van der Waals surface area contributed by atoms with Crippen molar-refractivity contribution in [2.24, 2.45) is 11.7 Å². The molecule has 3 N–H and O–H groups in total. The van der Waals surface area contributed by atoms with Crippen molar-refractivity contribution >= 4 is 18.3 Å². The second-order valence-corrected chi connectivity index (χ2v) is 6.14. The minimum Gasteiger partial charge on any atom is -0.351 e. The highest BCUT2D eigenvalue weighted by Crippen LogP contribution is 2.33. The zero-order valence-corrected chi connectivity index (χ0v) is 13.3. The third-order valence-electron chi connectivity index (χ3n) is 4.10. The molecule has 3 nitrogen and oxygen atoms in total. The molecule has 1 aromatic carbocycles. The van der Waals surface area contributed by atoms with Crippen molar-refractivity contribution < 1.29 is 4.79 Å². The molecule has 0 radical (unpaired) electrons. The lowest BCUT2D eigenvalue weighted by Gasteiger charge is -2.27. The van der Waals surface area contributed by atoms with Gasteiger partial charge in [0.15, 0.2) is 0 Å². The van der Waals surface area contributed by atoms with Crippen LogP contribution in [0.4, 0.5) is 0 Å². The third-order valence-corrected chi connectivity index (χ3v) is 4.10. The second kappa shape index (κ2) is 6.59. The number of carbonyl (C=O) groups is 1. The van der Waals surface area contributed by atoms with E-state index in [2.05, 4.69) is 5.32 Å². The molecule has 1 aromatic rings. The summed E-state index contributed by atoms with van der Waals surface area (Å²) >= 11 is 0. The Bertz CT molecular complexity index is 452. The molecule has 1 atom stereocenters. The highest BCUT2D eigenvalue weighted by atomic mass is 35.5. The standard InChI is InChI=1S/C16H24N2O.ClH/c1-11-4-8-13(9-5-11)16(2,3)15(19)18-14(10-17)12-6-7-12;/h4-5,8-9,12,14H,6-7,10,17H2,1-3H3,(H,18,19);1H. The number of halogens is 1. The maximum Gasteiger partial charge on any atom is 0.230 e. The van der Waals surface area contributed by atoms with Gasteiger partial charge in [0.25, 0.3) is 0 Å². The van der Waals surface area contributed by atoms with Crippen molar-refractivity contribution in [3.63, 3.8) is 0 Å². The van der Waals surface area contributed by atoms with E-state index in [0.717, 1.165) is 5.56 Å². The molecule has 2 rings (SSSR count). The Morgan fingerprint density at radius 3 is 2.35 bits per heavy atom. The molecule has 1 saturated carbocycles. The Labute approximate surface area is 127 Å². The van der Waals surface area contributed by atoms with E-state index in [0.29, 0.717) is 12.5 Å². The van der Waals surface area contributed by atoms with Gasteiger partial charge in [-0.1, -0.05) is 29.8 Å². The van der Waals surface area contributed by atoms with Crippen LogP contribution in [0, 0.1) is 12.8 Å². The third kappa shape index (κ3) is 3.74. The number of aryl methyl sites for hydroxylation is 1. The Hall–Kier alpha value is -1.06. The summed E-state index contributed by atoms with van der Waals surface area (Å²) in [7, 11) is 0. The fourth-order valence-corrected chi connectivity index (χ4v) is 2.32. The molecule has 0 aromatic heterocycles. The molecular formula is C16H25ClN2O. The molecule has 20 heavy (non-hydrogen) atoms. The molecule has 0 spiro atoms. The SMILES string of the molecule is Cc1ccc(C(C)(C)C(=O)NC(CN)C2CC2)cc1.Cl. The van der Waals surface area contributed by atoms with Gasteiger partial charge in [-0.25, -0.2) is 0 Å². The highest BCUT2D eigenvalue weighted by molar-refractivity contribution is 5.87. The van der Waals surface area contributed by atoms with Gasteiger partial charge in [0.1, 0.15) is 0 Å². The predicted octanol–water partition coefficient (Wildman–Crippen LogP) is 2.55. The first-order valence-electron chi connectivity index (χ1n) is 7.03. The van der Waals surface area contributed by atoms with Gasteiger partial charge in [0.05, 0.1) is 5.41 Å². The van der Waals surface area contributed by atoms with Crippen LogP contribution in [0.5, 0.6) is 0 Å². The van der Waals surface area contributed by atoms with E-state index in [1.165, 1.54) is 18.4 Å². The lowest BCUT2D eigenvalue weighted by atomic mass is 9.83. The molecule has 0 saturated heterocycles. The van der Waals surface area contributed by atoms with E-state index < -0.39 is 5.41 Å². The summed E-state index contributed by atoms with van der Waals surface area (Å²) in [4.78, 5) is 12.5. The largest absolute Gasteiger partial charge is 0.351 e. The van der Waals surface area contributed by atoms with E-state index >= 15 is 0 Å². The number of nitrogens with two attached hydrogens (primary N) is 1. The van der Waals surface area contributed by atoms with Crippen molar-refractivity contribution in [3.05, 3.63) is 35.4 Å². The summed E-state index contributed by atoms with van der Waals surface area (Å²) in [6.45, 7) is 6.51. The first kappa shape index (κ1) is 17.0. The number of nitrogens with one attached hydrogen (secondary N) is 1. The fraction of sp³-hybridized carbons (Fsp3) is 0.562. The molecule has 0 aliphatic heterocycles. The predicted molar refractivity (Wildman–Crippen MR) is 85.2 cm³/mol. The van der Waals surface area contributed by atoms with Gasteiger partial charge in [-0.2, -0.15) is 0 Å². The summed E-state index contributed by atoms with van der Waals surface area (Å²) in [6.07, 6.45) is 2.38. The summed E-state index contributed by atoms with van der Waals surface area (Å²) < 4.78 is 0. The van der Waals surface area contributed by atoms with Gasteiger partial charge in [0.2, 0.25) is 5.91 Å². The lowest BCUT2D eigenvalue weighted by molar-refractivity contribution is -0.126. The maximum absolute atomic E-state index is 12.5. The van der Waals surface area contributed by atoms with Crippen molar-refractivity contribution in [2.75, 3.05) is 6.54 Å². The minimum atomic E-state index is -0.518. The zero-order chi connectivity index (χ0) is 14.0. The van der Waals surface area contributed by atoms with Crippen molar-refractivity contribution in [1.29, 1.82) is 0 Å². The topological polar surface area (TPSA) is 55.1 Å². The zero-order valence-electron chi connectivity index (χ0n) is 12.5. The molecule has 4 heteroatoms. The number of hydrogen-bond acceptors (Lipinski definition) is 2. The smallest absolute Gasteiger partial charge is 0.230 e. The average Bonchev–Trinajstić information content (AvgIpc) is 3.20. The molecule has 1 fully saturated rings. The normalized spacial score (nSPS) is 16.2. The van der Waals surface area contributed by atoms with Crippen LogP contribution in [0.25, 0.3) is 0 Å². The van der Waals surface area contributed by atoms with E-state index in [-0.39, 0.29) is 24.4 Å². The van der Waals surface area contributed by atoms with Crippen molar-refractivity contribution in [1.82, 2.24) is 5.32 Å². The van der Waals surface area contributed by atoms with Gasteiger partial charge in [-0.05, 0) is 45.1 Å². The number of rotatable bonds is 5. The van der Waals surface area contributed by atoms with Crippen LogP contribution in [0.2, 0.25) is 0 Å². The molecular weight excluding hydrogens is 272 g/mol. The first-order chi connectivity index (χ1) is 8.95. The van der Waals surface area contributed by atoms with E-state index in [1.54, 1.807) is 0 Å². The molecule has 0 heterocycles.